The largest absolute Gasteiger partial charge is 0.465 e. The van der Waals surface area contributed by atoms with E-state index in [1.807, 2.05) is 6.92 Å². The van der Waals surface area contributed by atoms with E-state index < -0.39 is 23.0 Å². The third kappa shape index (κ3) is 5.25. The van der Waals surface area contributed by atoms with Gasteiger partial charge in [-0.25, -0.2) is 4.68 Å². The molecule has 0 saturated carbocycles. The number of aromatic nitrogens is 2. The first-order chi connectivity index (χ1) is 9.97. The van der Waals surface area contributed by atoms with Gasteiger partial charge < -0.3 is 9.64 Å². The molecule has 0 aromatic carbocycles. The van der Waals surface area contributed by atoms with Crippen molar-refractivity contribution in [3.63, 3.8) is 0 Å². The zero-order chi connectivity index (χ0) is 15.8. The zero-order valence-electron chi connectivity index (χ0n) is 12.1. The zero-order valence-corrected chi connectivity index (χ0v) is 12.1. The molecule has 8 heteroatoms. The van der Waals surface area contributed by atoms with E-state index in [2.05, 4.69) is 5.10 Å². The maximum Gasteiger partial charge on any atom is 0.325 e. The molecule has 1 aromatic rings. The average molecular weight is 297 g/mol. The van der Waals surface area contributed by atoms with Gasteiger partial charge in [-0.2, -0.15) is 0 Å². The number of ether oxygens (including phenoxy) is 1. The Morgan fingerprint density at radius 1 is 1.29 bits per heavy atom. The molecule has 0 saturated heterocycles. The Labute approximate surface area is 121 Å². The molecule has 0 unspecified atom stereocenters. The number of carbonyl (C=O) groups is 2. The number of aromatic amines is 1. The monoisotopic (exact) mass is 297 g/mol. The maximum absolute atomic E-state index is 12.1. The van der Waals surface area contributed by atoms with Crippen molar-refractivity contribution in [2.75, 3.05) is 19.7 Å². The van der Waals surface area contributed by atoms with Crippen molar-refractivity contribution in [1.29, 1.82) is 0 Å². The molecule has 1 rings (SSSR count). The highest BCUT2D eigenvalue weighted by Crippen LogP contribution is 1.96. The molecule has 0 spiro atoms. The highest BCUT2D eigenvalue weighted by atomic mass is 16.5. The summed E-state index contributed by atoms with van der Waals surface area (Å²) in [4.78, 5) is 47.6. The van der Waals surface area contributed by atoms with Crippen LogP contribution in [0, 0.1) is 0 Å². The van der Waals surface area contributed by atoms with Crippen LogP contribution in [-0.4, -0.2) is 46.3 Å². The number of hydrogen-bond donors (Lipinski definition) is 1. The first-order valence-corrected chi connectivity index (χ1v) is 6.71. The van der Waals surface area contributed by atoms with Crippen molar-refractivity contribution in [3.8, 4) is 0 Å². The second-order valence-electron chi connectivity index (χ2n) is 4.35. The molecule has 1 aromatic heterocycles. The number of carbonyl (C=O) groups excluding carboxylic acids is 2. The number of esters is 1. The Morgan fingerprint density at radius 3 is 2.62 bits per heavy atom. The average Bonchev–Trinajstić information content (AvgIpc) is 2.42. The second-order valence-corrected chi connectivity index (χ2v) is 4.35. The Balaban J connectivity index is 2.81. The summed E-state index contributed by atoms with van der Waals surface area (Å²) in [6.07, 6.45) is 0.658. The minimum Gasteiger partial charge on any atom is -0.465 e. The van der Waals surface area contributed by atoms with Gasteiger partial charge in [0, 0.05) is 18.7 Å². The lowest BCUT2D eigenvalue weighted by Crippen LogP contribution is -2.41. The third-order valence-electron chi connectivity index (χ3n) is 2.65. The molecular weight excluding hydrogens is 278 g/mol. The molecule has 1 heterocycles. The van der Waals surface area contributed by atoms with E-state index in [4.69, 9.17) is 4.74 Å². The first-order valence-electron chi connectivity index (χ1n) is 6.71. The number of hydrogen-bond acceptors (Lipinski definition) is 5. The van der Waals surface area contributed by atoms with Crippen molar-refractivity contribution in [2.45, 2.75) is 26.8 Å². The van der Waals surface area contributed by atoms with Gasteiger partial charge in [-0.05, 0) is 13.3 Å². The summed E-state index contributed by atoms with van der Waals surface area (Å²) >= 11 is 0. The SMILES string of the molecule is CCCN(CC(=O)OCC)C(=O)Cn1[nH]c(=O)ccc1=O. The summed E-state index contributed by atoms with van der Waals surface area (Å²) in [6, 6.07) is 2.17. The highest BCUT2D eigenvalue weighted by Gasteiger charge is 2.18. The molecule has 0 aliphatic heterocycles. The van der Waals surface area contributed by atoms with E-state index in [1.165, 1.54) is 4.90 Å². The van der Waals surface area contributed by atoms with Gasteiger partial charge in [-0.1, -0.05) is 6.92 Å². The van der Waals surface area contributed by atoms with Crippen LogP contribution >= 0.6 is 0 Å². The van der Waals surface area contributed by atoms with Crippen LogP contribution in [0.3, 0.4) is 0 Å². The molecule has 0 aliphatic rings. The molecule has 0 aliphatic carbocycles. The summed E-state index contributed by atoms with van der Waals surface area (Å²) in [5.41, 5.74) is -0.967. The lowest BCUT2D eigenvalue weighted by molar-refractivity contribution is -0.149. The Morgan fingerprint density at radius 2 is 2.00 bits per heavy atom. The van der Waals surface area contributed by atoms with E-state index >= 15 is 0 Å². The van der Waals surface area contributed by atoms with Gasteiger partial charge in [-0.15, -0.1) is 0 Å². The summed E-state index contributed by atoms with van der Waals surface area (Å²) in [5.74, 6) is -0.943. The summed E-state index contributed by atoms with van der Waals surface area (Å²) < 4.78 is 5.72. The van der Waals surface area contributed by atoms with Crippen LogP contribution in [0.2, 0.25) is 0 Å². The van der Waals surface area contributed by atoms with E-state index in [0.717, 1.165) is 16.8 Å². The minimum absolute atomic E-state index is 0.174. The van der Waals surface area contributed by atoms with Crippen molar-refractivity contribution >= 4 is 11.9 Å². The molecule has 0 atom stereocenters. The van der Waals surface area contributed by atoms with E-state index in [9.17, 15) is 19.2 Å². The smallest absolute Gasteiger partial charge is 0.325 e. The molecule has 1 N–H and O–H groups in total. The molecule has 21 heavy (non-hydrogen) atoms. The van der Waals surface area contributed by atoms with Crippen molar-refractivity contribution < 1.29 is 14.3 Å². The lowest BCUT2D eigenvalue weighted by atomic mass is 10.3. The first kappa shape index (κ1) is 16.7. The number of H-pyrrole nitrogens is 1. The van der Waals surface area contributed by atoms with Crippen LogP contribution in [0.5, 0.6) is 0 Å². The van der Waals surface area contributed by atoms with Crippen LogP contribution in [0.4, 0.5) is 0 Å². The van der Waals surface area contributed by atoms with Crippen LogP contribution in [-0.2, 0) is 20.9 Å². The fraction of sp³-hybridized carbons (Fsp3) is 0.538. The molecular formula is C13H19N3O5. The van der Waals surface area contributed by atoms with Crippen molar-refractivity contribution in [1.82, 2.24) is 14.7 Å². The summed E-state index contributed by atoms with van der Waals surface area (Å²) in [5, 5.41) is 2.27. The molecule has 0 fully saturated rings. The van der Waals surface area contributed by atoms with Gasteiger partial charge >= 0.3 is 5.97 Å². The lowest BCUT2D eigenvalue weighted by Gasteiger charge is -2.21. The van der Waals surface area contributed by atoms with E-state index in [-0.39, 0.29) is 19.7 Å². The number of amides is 1. The van der Waals surface area contributed by atoms with Gasteiger partial charge in [0.15, 0.2) is 0 Å². The normalized spacial score (nSPS) is 10.2. The molecule has 8 nitrogen and oxygen atoms in total. The number of rotatable bonds is 7. The van der Waals surface area contributed by atoms with Crippen LogP contribution in [0.15, 0.2) is 21.7 Å². The Kier molecular flexibility index (Phi) is 6.38. The second kappa shape index (κ2) is 8.03. The van der Waals surface area contributed by atoms with Crippen molar-refractivity contribution in [3.05, 3.63) is 32.8 Å². The van der Waals surface area contributed by atoms with Crippen molar-refractivity contribution in [2.24, 2.45) is 0 Å². The fourth-order valence-electron chi connectivity index (χ4n) is 1.74. The Bertz CT molecular complexity index is 604. The molecule has 116 valence electrons. The minimum atomic E-state index is -0.506. The predicted molar refractivity (Wildman–Crippen MR) is 74.8 cm³/mol. The van der Waals surface area contributed by atoms with E-state index in [0.29, 0.717) is 13.0 Å². The highest BCUT2D eigenvalue weighted by molar-refractivity contribution is 5.81. The number of nitrogens with zero attached hydrogens (tertiary/aromatic N) is 2. The topological polar surface area (TPSA) is 101 Å². The number of nitrogens with one attached hydrogen (secondary N) is 1. The molecule has 0 bridgehead atoms. The standard InChI is InChI=1S/C13H19N3O5/c1-3-7-15(9-13(20)21-4-2)12(19)8-16-11(18)6-5-10(17)14-16/h5-6H,3-4,7-9H2,1-2H3,(H,14,17). The summed E-state index contributed by atoms with van der Waals surface area (Å²) in [7, 11) is 0. The van der Waals surface area contributed by atoms with Gasteiger partial charge in [0.2, 0.25) is 5.91 Å². The maximum atomic E-state index is 12.1. The fourth-order valence-corrected chi connectivity index (χ4v) is 1.74. The molecule has 1 amide bonds. The van der Waals surface area contributed by atoms with Gasteiger partial charge in [-0.3, -0.25) is 24.3 Å². The van der Waals surface area contributed by atoms with Gasteiger partial charge in [0.05, 0.1) is 6.61 Å². The predicted octanol–water partition coefficient (Wildman–Crippen LogP) is -0.662. The van der Waals surface area contributed by atoms with Gasteiger partial charge in [0.25, 0.3) is 11.1 Å². The summed E-state index contributed by atoms with van der Waals surface area (Å²) in [6.45, 7) is 3.64. The van der Waals surface area contributed by atoms with Gasteiger partial charge in [0.1, 0.15) is 13.1 Å². The van der Waals surface area contributed by atoms with Crippen LogP contribution in [0.1, 0.15) is 20.3 Å². The quantitative estimate of drug-likeness (QED) is 0.673. The van der Waals surface area contributed by atoms with Crippen LogP contribution in [0.25, 0.3) is 0 Å². The molecule has 0 radical (unpaired) electrons. The Hall–Kier alpha value is -2.38. The van der Waals surface area contributed by atoms with Crippen LogP contribution < -0.4 is 11.1 Å². The third-order valence-corrected chi connectivity index (χ3v) is 2.65. The van der Waals surface area contributed by atoms with E-state index in [1.54, 1.807) is 6.92 Å².